The predicted molar refractivity (Wildman–Crippen MR) is 127 cm³/mol. The normalized spacial score (nSPS) is 24.0. The predicted octanol–water partition coefficient (Wildman–Crippen LogP) is 5.52. The molecule has 3 aliphatic rings. The minimum absolute atomic E-state index is 0.0206. The summed E-state index contributed by atoms with van der Waals surface area (Å²) in [6.45, 7) is 5.14. The number of halogens is 4. The van der Waals surface area contributed by atoms with Gasteiger partial charge in [0.2, 0.25) is 0 Å². The van der Waals surface area contributed by atoms with E-state index in [9.17, 15) is 22.4 Å². The maximum absolute atomic E-state index is 14.9. The van der Waals surface area contributed by atoms with Crippen molar-refractivity contribution in [1.29, 1.82) is 0 Å². The molecule has 0 bridgehead atoms. The van der Waals surface area contributed by atoms with E-state index in [4.69, 9.17) is 13.9 Å². The van der Waals surface area contributed by atoms with Crippen molar-refractivity contribution in [1.82, 2.24) is 4.98 Å². The fourth-order valence-electron chi connectivity index (χ4n) is 5.64. The third-order valence-electron chi connectivity index (χ3n) is 7.76. The summed E-state index contributed by atoms with van der Waals surface area (Å²) >= 11 is 0. The van der Waals surface area contributed by atoms with Crippen LogP contribution in [0.5, 0.6) is 5.75 Å². The molecule has 2 aliphatic carbocycles. The number of anilines is 2. The number of ether oxygens (including phenoxy) is 2. The Kier molecular flexibility index (Phi) is 6.62. The summed E-state index contributed by atoms with van der Waals surface area (Å²) in [5.41, 5.74) is -0.0372. The Balaban J connectivity index is 1.32. The van der Waals surface area contributed by atoms with Crippen molar-refractivity contribution in [3.05, 3.63) is 35.0 Å². The number of fused-ring (bicyclic) bond motifs is 1. The number of nitrogens with zero attached hydrogens (tertiary/aromatic N) is 2. The van der Waals surface area contributed by atoms with Crippen molar-refractivity contribution in [3.63, 3.8) is 0 Å². The molecule has 2 unspecified atom stereocenters. The smallest absolute Gasteiger partial charge is 0.396 e. The first kappa shape index (κ1) is 25.8. The van der Waals surface area contributed by atoms with Gasteiger partial charge in [0.25, 0.3) is 11.9 Å². The summed E-state index contributed by atoms with van der Waals surface area (Å²) in [6.07, 6.45) is -2.21. The third-order valence-corrected chi connectivity index (χ3v) is 7.76. The summed E-state index contributed by atoms with van der Waals surface area (Å²) in [6, 6.07) is 2.59. The van der Waals surface area contributed by atoms with Gasteiger partial charge in [-0.3, -0.25) is 4.79 Å². The van der Waals surface area contributed by atoms with E-state index in [2.05, 4.69) is 10.3 Å². The highest BCUT2D eigenvalue weighted by molar-refractivity contribution is 6.04. The number of aromatic nitrogens is 1. The fourth-order valence-corrected chi connectivity index (χ4v) is 5.64. The van der Waals surface area contributed by atoms with Crippen molar-refractivity contribution in [2.24, 2.45) is 17.3 Å². The van der Waals surface area contributed by atoms with Crippen LogP contribution in [0.2, 0.25) is 0 Å². The first-order chi connectivity index (χ1) is 17.5. The Hall–Kier alpha value is -2.82. The topological polar surface area (TPSA) is 76.8 Å². The van der Waals surface area contributed by atoms with Crippen molar-refractivity contribution in [2.45, 2.75) is 58.2 Å². The number of methoxy groups -OCH3 is 1. The number of benzene rings is 1. The van der Waals surface area contributed by atoms with E-state index in [0.717, 1.165) is 25.3 Å². The molecule has 0 spiro atoms. The molecule has 7 nitrogen and oxygen atoms in total. The van der Waals surface area contributed by atoms with Gasteiger partial charge >= 0.3 is 6.18 Å². The summed E-state index contributed by atoms with van der Waals surface area (Å²) in [7, 11) is 1.59. The van der Waals surface area contributed by atoms with Crippen LogP contribution >= 0.6 is 0 Å². The molecule has 2 saturated carbocycles. The Morgan fingerprint density at radius 3 is 2.54 bits per heavy atom. The lowest BCUT2D eigenvalue weighted by molar-refractivity contribution is -0.130. The molecule has 3 fully saturated rings. The molecule has 0 radical (unpaired) electrons. The van der Waals surface area contributed by atoms with E-state index in [1.54, 1.807) is 18.9 Å². The second-order valence-electron chi connectivity index (χ2n) is 10.7. The minimum atomic E-state index is -4.60. The van der Waals surface area contributed by atoms with Crippen LogP contribution in [-0.2, 0) is 11.2 Å². The van der Waals surface area contributed by atoms with E-state index in [1.807, 2.05) is 6.92 Å². The molecule has 1 aromatic carbocycles. The molecule has 202 valence electrons. The molecule has 11 heteroatoms. The average molecular weight is 526 g/mol. The van der Waals surface area contributed by atoms with Crippen LogP contribution in [-0.4, -0.2) is 50.0 Å². The molecule has 3 atom stereocenters. The molecule has 1 N–H and O–H groups in total. The molecule has 37 heavy (non-hydrogen) atoms. The highest BCUT2D eigenvalue weighted by Crippen LogP contribution is 2.52. The van der Waals surface area contributed by atoms with Crippen LogP contribution in [0, 0.1) is 30.0 Å². The first-order valence-electron chi connectivity index (χ1n) is 12.6. The zero-order valence-electron chi connectivity index (χ0n) is 21.1. The molecule has 1 amide bonds. The number of carbonyl (C=O) groups is 1. The Labute approximate surface area is 212 Å². The highest BCUT2D eigenvalue weighted by atomic mass is 19.4. The molecular formula is C26H31F4N3O4. The lowest BCUT2D eigenvalue weighted by Crippen LogP contribution is -2.58. The monoisotopic (exact) mass is 525 g/mol. The van der Waals surface area contributed by atoms with Crippen LogP contribution in [0.15, 0.2) is 16.5 Å². The van der Waals surface area contributed by atoms with E-state index < -0.39 is 35.8 Å². The van der Waals surface area contributed by atoms with Gasteiger partial charge in [0, 0.05) is 37.4 Å². The zero-order valence-corrected chi connectivity index (χ0v) is 21.1. The molecule has 2 aromatic rings. The highest BCUT2D eigenvalue weighted by Gasteiger charge is 2.47. The quantitative estimate of drug-likeness (QED) is 0.435. The van der Waals surface area contributed by atoms with Gasteiger partial charge in [-0.05, 0) is 56.1 Å². The number of amides is 1. The lowest BCUT2D eigenvalue weighted by Gasteiger charge is -2.48. The standard InChI is InChI=1S/C26H31F4N3O4/c1-4-25(13-35-3)11-33(12-25)24-32-21(20(37-24)10-26(28,29)30)23(34)31-17-5-14(2)22(19(27)9-17)36-18-7-15-6-16(15)8-18/h5,9,15-16,18H,4,6-8,10-13H2,1-3H3,(H,31,34)/t15-,16?,18?/m1/s1. The number of carbonyl (C=O) groups excluding carboxylic acids is 1. The second-order valence-corrected chi connectivity index (χ2v) is 10.7. The number of hydrogen-bond donors (Lipinski definition) is 1. The number of hydrogen-bond acceptors (Lipinski definition) is 6. The largest absolute Gasteiger partial charge is 0.487 e. The molecule has 1 saturated heterocycles. The van der Waals surface area contributed by atoms with E-state index in [1.165, 1.54) is 12.5 Å². The number of oxazole rings is 1. The van der Waals surface area contributed by atoms with Gasteiger partial charge in [-0.2, -0.15) is 18.2 Å². The number of aryl methyl sites for hydroxylation is 1. The average Bonchev–Trinajstić information content (AvgIpc) is 3.19. The van der Waals surface area contributed by atoms with Gasteiger partial charge in [-0.1, -0.05) is 6.92 Å². The fraction of sp³-hybridized carbons (Fsp3) is 0.615. The summed E-state index contributed by atoms with van der Waals surface area (Å²) < 4.78 is 71.1. The number of alkyl halides is 3. The lowest BCUT2D eigenvalue weighted by atomic mass is 9.78. The summed E-state index contributed by atoms with van der Waals surface area (Å²) in [5.74, 6) is -0.630. The molecule has 2 heterocycles. The van der Waals surface area contributed by atoms with Crippen LogP contribution in [0.4, 0.5) is 29.3 Å². The Morgan fingerprint density at radius 2 is 1.95 bits per heavy atom. The van der Waals surface area contributed by atoms with Crippen molar-refractivity contribution >= 4 is 17.6 Å². The number of nitrogens with one attached hydrogen (secondary N) is 1. The Bertz CT molecular complexity index is 1140. The van der Waals surface area contributed by atoms with E-state index in [-0.39, 0.29) is 29.0 Å². The van der Waals surface area contributed by atoms with Gasteiger partial charge in [-0.25, -0.2) is 4.39 Å². The summed E-state index contributed by atoms with van der Waals surface area (Å²) in [4.78, 5) is 18.8. The van der Waals surface area contributed by atoms with Crippen LogP contribution in [0.3, 0.4) is 0 Å². The zero-order chi connectivity index (χ0) is 26.5. The van der Waals surface area contributed by atoms with Crippen LogP contribution in [0.1, 0.15) is 54.4 Å². The molecule has 1 aromatic heterocycles. The maximum atomic E-state index is 14.9. The van der Waals surface area contributed by atoms with Crippen LogP contribution < -0.4 is 15.0 Å². The van der Waals surface area contributed by atoms with E-state index in [0.29, 0.717) is 37.1 Å². The molecular weight excluding hydrogens is 494 g/mol. The van der Waals surface area contributed by atoms with Crippen LogP contribution in [0.25, 0.3) is 0 Å². The molecule has 5 rings (SSSR count). The van der Waals surface area contributed by atoms with Crippen molar-refractivity contribution in [3.8, 4) is 5.75 Å². The number of rotatable bonds is 9. The molecule has 1 aliphatic heterocycles. The van der Waals surface area contributed by atoms with Crippen molar-refractivity contribution in [2.75, 3.05) is 37.0 Å². The van der Waals surface area contributed by atoms with Gasteiger partial charge in [0.15, 0.2) is 17.3 Å². The van der Waals surface area contributed by atoms with Gasteiger partial charge in [0.1, 0.15) is 12.2 Å². The van der Waals surface area contributed by atoms with Crippen molar-refractivity contribution < 1.29 is 36.2 Å². The van der Waals surface area contributed by atoms with Gasteiger partial charge < -0.3 is 24.1 Å². The maximum Gasteiger partial charge on any atom is 0.396 e. The van der Waals surface area contributed by atoms with E-state index >= 15 is 0 Å². The minimum Gasteiger partial charge on any atom is -0.487 e. The van der Waals surface area contributed by atoms with Gasteiger partial charge in [-0.15, -0.1) is 0 Å². The summed E-state index contributed by atoms with van der Waals surface area (Å²) in [5, 5.41) is 2.47. The third kappa shape index (κ3) is 5.42. The SMILES string of the molecule is CCC1(COC)CN(c2nc(C(=O)Nc3cc(C)c(OC4CC5C[C@@H]5C4)c(F)c3)c(CC(F)(F)F)o2)C1. The van der Waals surface area contributed by atoms with Gasteiger partial charge in [0.05, 0.1) is 12.7 Å². The first-order valence-corrected chi connectivity index (χ1v) is 12.6. The second kappa shape index (κ2) is 9.49. The Morgan fingerprint density at radius 1 is 1.24 bits per heavy atom.